The van der Waals surface area contributed by atoms with E-state index < -0.39 is 17.6 Å². The normalized spacial score (nSPS) is 11.6. The molecule has 42 heavy (non-hydrogen) atoms. The van der Waals surface area contributed by atoms with Gasteiger partial charge in [-0.2, -0.15) is 13.2 Å². The second-order valence-corrected chi connectivity index (χ2v) is 9.81. The molecule has 0 fully saturated rings. The molecule has 216 valence electrons. The molecule has 0 unspecified atom stereocenters. The second-order valence-electron chi connectivity index (χ2n) is 9.81. The van der Waals surface area contributed by atoms with Gasteiger partial charge in [0.05, 0.1) is 16.6 Å². The molecule has 0 radical (unpaired) electrons. The van der Waals surface area contributed by atoms with E-state index in [4.69, 9.17) is 9.72 Å². The van der Waals surface area contributed by atoms with Crippen molar-refractivity contribution in [2.75, 3.05) is 37.9 Å². The van der Waals surface area contributed by atoms with Crippen LogP contribution in [0.25, 0.3) is 16.9 Å². The molecule has 5 aromatic rings. The van der Waals surface area contributed by atoms with Crippen molar-refractivity contribution >= 4 is 34.3 Å². The Kier molecular flexibility index (Phi) is 8.07. The molecule has 2 heterocycles. The number of ether oxygens (including phenoxy) is 1. The van der Waals surface area contributed by atoms with Crippen molar-refractivity contribution in [2.24, 2.45) is 0 Å². The van der Waals surface area contributed by atoms with Crippen LogP contribution in [0.5, 0.6) is 5.88 Å². The molecular formula is C30H28F3N7O2. The zero-order chi connectivity index (χ0) is 29.9. The fraction of sp³-hybridized carbons (Fsp3) is 0.200. The first-order valence-electron chi connectivity index (χ1n) is 13.0. The highest BCUT2D eigenvalue weighted by Crippen LogP contribution is 2.31. The topological polar surface area (TPSA) is 97.2 Å². The zero-order valence-electron chi connectivity index (χ0n) is 23.1. The van der Waals surface area contributed by atoms with Crippen molar-refractivity contribution in [3.8, 4) is 11.7 Å². The number of para-hydroxylation sites is 2. The van der Waals surface area contributed by atoms with Gasteiger partial charge in [-0.15, -0.1) is 0 Å². The first kappa shape index (κ1) is 28.6. The third-order valence-electron chi connectivity index (χ3n) is 6.40. The number of fused-ring (bicyclic) bond motifs is 1. The molecule has 9 nitrogen and oxygen atoms in total. The van der Waals surface area contributed by atoms with Crippen LogP contribution in [0.15, 0.2) is 79.1 Å². The number of halogens is 3. The van der Waals surface area contributed by atoms with Crippen molar-refractivity contribution < 1.29 is 22.7 Å². The largest absolute Gasteiger partial charge is 0.476 e. The average Bonchev–Trinajstić information content (AvgIpc) is 3.32. The third kappa shape index (κ3) is 6.50. The number of amides is 1. The van der Waals surface area contributed by atoms with Crippen LogP contribution in [0, 0.1) is 6.92 Å². The minimum atomic E-state index is -4.55. The van der Waals surface area contributed by atoms with E-state index >= 15 is 0 Å². The predicted octanol–water partition coefficient (Wildman–Crippen LogP) is 6.08. The Morgan fingerprint density at radius 3 is 2.60 bits per heavy atom. The summed E-state index contributed by atoms with van der Waals surface area (Å²) in [6, 6.07) is 18.8. The summed E-state index contributed by atoms with van der Waals surface area (Å²) in [5.41, 5.74) is 2.40. The number of rotatable bonds is 9. The van der Waals surface area contributed by atoms with Crippen molar-refractivity contribution in [1.82, 2.24) is 24.4 Å². The lowest BCUT2D eigenvalue weighted by Gasteiger charge is -2.15. The van der Waals surface area contributed by atoms with Gasteiger partial charge in [0, 0.05) is 29.5 Å². The lowest BCUT2D eigenvalue weighted by molar-refractivity contribution is -0.137. The maximum Gasteiger partial charge on any atom is 0.416 e. The molecule has 0 atom stereocenters. The molecule has 0 saturated heterocycles. The maximum atomic E-state index is 13.1. The number of anilines is 3. The van der Waals surface area contributed by atoms with Crippen LogP contribution >= 0.6 is 0 Å². The second kappa shape index (κ2) is 11.9. The number of aryl methyl sites for hydroxylation is 1. The SMILES string of the molecule is Cc1ccc(NC(=O)c2cccc(C(F)(F)F)c2)cc1Nc1nc2ccccc2n1-c1cc(OCCN(C)C)ncn1. The molecule has 5 rings (SSSR count). The van der Waals surface area contributed by atoms with Gasteiger partial charge >= 0.3 is 6.18 Å². The molecule has 0 aliphatic rings. The number of nitrogens with zero attached hydrogens (tertiary/aromatic N) is 5. The van der Waals surface area contributed by atoms with Gasteiger partial charge < -0.3 is 20.3 Å². The summed E-state index contributed by atoms with van der Waals surface area (Å²) in [5, 5.41) is 6.02. The molecule has 12 heteroatoms. The minimum absolute atomic E-state index is 0.103. The molecule has 0 spiro atoms. The van der Waals surface area contributed by atoms with Crippen LogP contribution in [-0.4, -0.2) is 57.6 Å². The van der Waals surface area contributed by atoms with Crippen molar-refractivity contribution in [1.29, 1.82) is 0 Å². The highest BCUT2D eigenvalue weighted by molar-refractivity contribution is 6.04. The van der Waals surface area contributed by atoms with E-state index in [1.807, 2.05) is 54.8 Å². The lowest BCUT2D eigenvalue weighted by Crippen LogP contribution is -2.19. The molecule has 0 saturated carbocycles. The predicted molar refractivity (Wildman–Crippen MR) is 155 cm³/mol. The van der Waals surface area contributed by atoms with Crippen molar-refractivity contribution in [2.45, 2.75) is 13.1 Å². The number of nitrogens with one attached hydrogen (secondary N) is 2. The van der Waals surface area contributed by atoms with Gasteiger partial charge in [0.15, 0.2) is 0 Å². The summed E-state index contributed by atoms with van der Waals surface area (Å²) in [4.78, 5) is 28.3. The fourth-order valence-corrected chi connectivity index (χ4v) is 4.20. The monoisotopic (exact) mass is 575 g/mol. The number of hydrogen-bond acceptors (Lipinski definition) is 7. The number of hydrogen-bond donors (Lipinski definition) is 2. The van der Waals surface area contributed by atoms with Gasteiger partial charge in [-0.3, -0.25) is 9.36 Å². The summed E-state index contributed by atoms with van der Waals surface area (Å²) >= 11 is 0. The van der Waals surface area contributed by atoms with Crippen LogP contribution in [0.4, 0.5) is 30.5 Å². The standard InChI is InChI=1S/C30H28F3N7O2/c1-19-11-12-22(36-28(41)20-7-6-8-21(15-20)30(31,32)33)16-24(19)38-29-37-23-9-4-5-10-25(23)40(29)26-17-27(35-18-34-26)42-14-13-39(2)3/h4-12,15-18H,13-14H2,1-3H3,(H,36,41)(H,37,38). The molecule has 2 N–H and O–H groups in total. The summed E-state index contributed by atoms with van der Waals surface area (Å²) in [6.45, 7) is 3.06. The number of likely N-dealkylation sites (N-methyl/N-ethyl adjacent to an activating group) is 1. The van der Waals surface area contributed by atoms with Crippen LogP contribution in [-0.2, 0) is 6.18 Å². The molecule has 0 bridgehead atoms. The first-order chi connectivity index (χ1) is 20.1. The summed E-state index contributed by atoms with van der Waals surface area (Å²) in [6.07, 6.45) is -3.13. The van der Waals surface area contributed by atoms with Crippen molar-refractivity contribution in [3.63, 3.8) is 0 Å². The fourth-order valence-electron chi connectivity index (χ4n) is 4.20. The highest BCUT2D eigenvalue weighted by Gasteiger charge is 2.31. The van der Waals surface area contributed by atoms with Gasteiger partial charge in [-0.1, -0.05) is 24.3 Å². The van der Waals surface area contributed by atoms with Gasteiger partial charge in [0.1, 0.15) is 18.8 Å². The van der Waals surface area contributed by atoms with E-state index in [1.54, 1.807) is 24.3 Å². The van der Waals surface area contributed by atoms with Crippen LogP contribution < -0.4 is 15.4 Å². The Hall–Kier alpha value is -4.97. The Morgan fingerprint density at radius 1 is 1.00 bits per heavy atom. The summed E-state index contributed by atoms with van der Waals surface area (Å²) < 4.78 is 47.1. The Morgan fingerprint density at radius 2 is 1.81 bits per heavy atom. The third-order valence-corrected chi connectivity index (χ3v) is 6.40. The van der Waals surface area contributed by atoms with E-state index in [9.17, 15) is 18.0 Å². The van der Waals surface area contributed by atoms with Gasteiger partial charge in [0.2, 0.25) is 11.8 Å². The number of imidazole rings is 1. The number of carbonyl (C=O) groups is 1. The number of alkyl halides is 3. The minimum Gasteiger partial charge on any atom is -0.476 e. The number of benzene rings is 3. The van der Waals surface area contributed by atoms with Crippen LogP contribution in [0.1, 0.15) is 21.5 Å². The molecule has 0 aliphatic heterocycles. The number of aromatic nitrogens is 4. The molecular weight excluding hydrogens is 547 g/mol. The number of carbonyl (C=O) groups excluding carboxylic acids is 1. The van der Waals surface area contributed by atoms with E-state index in [-0.39, 0.29) is 5.56 Å². The first-order valence-corrected chi connectivity index (χ1v) is 13.0. The lowest BCUT2D eigenvalue weighted by atomic mass is 10.1. The Balaban J connectivity index is 1.44. The molecule has 0 aliphatic carbocycles. The Bertz CT molecular complexity index is 1730. The van der Waals surface area contributed by atoms with E-state index in [1.165, 1.54) is 18.5 Å². The van der Waals surface area contributed by atoms with Crippen LogP contribution in [0.3, 0.4) is 0 Å². The quantitative estimate of drug-likeness (QED) is 0.220. The summed E-state index contributed by atoms with van der Waals surface area (Å²) in [5.74, 6) is 0.748. The van der Waals surface area contributed by atoms with E-state index in [2.05, 4.69) is 20.6 Å². The Labute approximate surface area is 240 Å². The molecule has 2 aromatic heterocycles. The molecule has 3 aromatic carbocycles. The average molecular weight is 576 g/mol. The van der Waals surface area contributed by atoms with Crippen molar-refractivity contribution in [3.05, 3.63) is 95.8 Å². The van der Waals surface area contributed by atoms with Crippen LogP contribution in [0.2, 0.25) is 0 Å². The van der Waals surface area contributed by atoms with Gasteiger partial charge in [-0.25, -0.2) is 15.0 Å². The summed E-state index contributed by atoms with van der Waals surface area (Å²) in [7, 11) is 3.91. The maximum absolute atomic E-state index is 13.1. The van der Waals surface area contributed by atoms with E-state index in [0.29, 0.717) is 35.6 Å². The molecule has 1 amide bonds. The van der Waals surface area contributed by atoms with Gasteiger partial charge in [-0.05, 0) is 69.0 Å². The van der Waals surface area contributed by atoms with E-state index in [0.717, 1.165) is 35.3 Å². The zero-order valence-corrected chi connectivity index (χ0v) is 23.1. The highest BCUT2D eigenvalue weighted by atomic mass is 19.4. The van der Waals surface area contributed by atoms with Gasteiger partial charge in [0.25, 0.3) is 5.91 Å². The smallest absolute Gasteiger partial charge is 0.416 e.